The largest absolute Gasteiger partial charge is 0.410 e. The van der Waals surface area contributed by atoms with Crippen molar-refractivity contribution in [3.8, 4) is 0 Å². The van der Waals surface area contributed by atoms with Gasteiger partial charge in [0.25, 0.3) is 0 Å². The van der Waals surface area contributed by atoms with Crippen molar-refractivity contribution in [2.24, 2.45) is 11.8 Å². The van der Waals surface area contributed by atoms with Crippen LogP contribution in [-0.4, -0.2) is 68.2 Å². The van der Waals surface area contributed by atoms with Crippen LogP contribution in [0.3, 0.4) is 0 Å². The van der Waals surface area contributed by atoms with Crippen LogP contribution in [0.4, 0.5) is 0 Å². The summed E-state index contributed by atoms with van der Waals surface area (Å²) in [7, 11) is -3.43. The predicted octanol–water partition coefficient (Wildman–Crippen LogP) is 8.24. The van der Waals surface area contributed by atoms with Gasteiger partial charge in [0.1, 0.15) is 12.3 Å². The van der Waals surface area contributed by atoms with E-state index in [9.17, 15) is 9.36 Å². The third-order valence-electron chi connectivity index (χ3n) is 8.74. The molecule has 0 aliphatic rings. The Morgan fingerprint density at radius 2 is 1.46 bits per heavy atom. The van der Waals surface area contributed by atoms with Crippen molar-refractivity contribution in [3.63, 3.8) is 0 Å². The molecule has 0 heterocycles. The Morgan fingerprint density at radius 1 is 0.974 bits per heavy atom. The molecule has 0 aliphatic heterocycles. The second-order valence-corrected chi connectivity index (χ2v) is 24.0. The zero-order valence-corrected chi connectivity index (χ0v) is 30.3. The van der Waals surface area contributed by atoms with Gasteiger partial charge in [-0.25, -0.2) is 0 Å². The maximum atomic E-state index is 13.4. The number of ether oxygens (including phenoxy) is 1. The molecule has 0 fully saturated rings. The molecule has 0 aromatic carbocycles. The van der Waals surface area contributed by atoms with E-state index in [-0.39, 0.29) is 35.1 Å². The Morgan fingerprint density at radius 3 is 1.82 bits per heavy atom. The number of hydrogen-bond donors (Lipinski definition) is 0. The van der Waals surface area contributed by atoms with E-state index in [0.29, 0.717) is 0 Å². The van der Waals surface area contributed by atoms with E-state index in [0.717, 1.165) is 23.7 Å². The maximum Gasteiger partial charge on any atom is 0.337 e. The molecule has 0 N–H and O–H groups in total. The van der Waals surface area contributed by atoms with Crippen LogP contribution in [0.1, 0.15) is 62.3 Å². The van der Waals surface area contributed by atoms with E-state index in [1.807, 2.05) is 13.8 Å². The summed E-state index contributed by atoms with van der Waals surface area (Å²) in [4.78, 5) is 13.4. The number of Topliss-reactive ketones (excluding diaryl/α,β-unsaturated/α-hetero) is 1. The van der Waals surface area contributed by atoms with E-state index in [2.05, 4.69) is 74.2 Å². The summed E-state index contributed by atoms with van der Waals surface area (Å²) in [5.41, 5.74) is 0.961. The van der Waals surface area contributed by atoms with Crippen LogP contribution in [0.25, 0.3) is 0 Å². The summed E-state index contributed by atoms with van der Waals surface area (Å²) >= 11 is 0. The lowest BCUT2D eigenvalue weighted by Gasteiger charge is -2.42. The van der Waals surface area contributed by atoms with E-state index < -0.39 is 36.3 Å². The molecule has 0 saturated heterocycles. The van der Waals surface area contributed by atoms with Gasteiger partial charge < -0.3 is 22.6 Å². The summed E-state index contributed by atoms with van der Waals surface area (Å²) in [5, 5.41) is 0.0288. The third kappa shape index (κ3) is 10.8. The van der Waals surface area contributed by atoms with Crippen molar-refractivity contribution >= 4 is 30.0 Å². The molecule has 5 atom stereocenters. The lowest BCUT2D eigenvalue weighted by molar-refractivity contribution is -0.122. The van der Waals surface area contributed by atoms with Gasteiger partial charge >= 0.3 is 7.60 Å². The van der Waals surface area contributed by atoms with E-state index in [1.165, 1.54) is 14.2 Å². The third-order valence-corrected chi connectivity index (χ3v) is 19.6. The van der Waals surface area contributed by atoms with Crippen LogP contribution < -0.4 is 0 Å². The summed E-state index contributed by atoms with van der Waals surface area (Å²) in [6.45, 7) is 27.6. The molecular weight excluding hydrogens is 547 g/mol. The molecule has 0 rings (SSSR count). The fourth-order valence-corrected chi connectivity index (χ4v) is 9.91. The Balaban J connectivity index is 6.62. The first-order valence-electron chi connectivity index (χ1n) is 14.3. The molecule has 0 aromatic rings. The first-order chi connectivity index (χ1) is 17.9. The fraction of sp³-hybridized carbons (Fsp3) is 0.828. The number of methoxy groups -OCH3 is 1. The Bertz CT molecular complexity index is 833. The van der Waals surface area contributed by atoms with Gasteiger partial charge in [-0.2, -0.15) is 0 Å². The number of carbonyl (C=O) groups excluding carboxylic acids is 1. The zero-order chi connectivity index (χ0) is 30.8. The molecule has 230 valence electrons. The smallest absolute Gasteiger partial charge is 0.337 e. The van der Waals surface area contributed by atoms with Gasteiger partial charge in [0.15, 0.2) is 22.4 Å². The Labute approximate surface area is 242 Å². The van der Waals surface area contributed by atoms with Gasteiger partial charge in [-0.1, -0.05) is 67.5 Å². The summed E-state index contributed by atoms with van der Waals surface area (Å²) in [6, 6.07) is 2.86. The van der Waals surface area contributed by atoms with Crippen molar-refractivity contribution < 1.29 is 32.0 Å². The van der Waals surface area contributed by atoms with E-state index in [1.54, 1.807) is 13.2 Å². The second-order valence-electron chi connectivity index (χ2n) is 12.2. The number of ketones is 1. The van der Waals surface area contributed by atoms with Gasteiger partial charge in [-0.15, -0.1) is 6.58 Å². The molecule has 7 nitrogen and oxygen atoms in total. The normalized spacial score (nSPS) is 17.8. The molecule has 0 saturated carbocycles. The Kier molecular flexibility index (Phi) is 16.1. The van der Waals surface area contributed by atoms with Gasteiger partial charge in [0, 0.05) is 33.2 Å². The quantitative estimate of drug-likeness (QED) is 0.0832. The lowest BCUT2D eigenvalue weighted by atomic mass is 9.90. The van der Waals surface area contributed by atoms with Gasteiger partial charge in [-0.3, -0.25) is 9.36 Å². The first kappa shape index (κ1) is 38.6. The molecule has 0 radical (unpaired) electrons. The van der Waals surface area contributed by atoms with Crippen molar-refractivity contribution in [1.82, 2.24) is 0 Å². The van der Waals surface area contributed by atoms with Crippen LogP contribution in [0.2, 0.25) is 36.3 Å². The van der Waals surface area contributed by atoms with Crippen LogP contribution in [0.5, 0.6) is 0 Å². The molecule has 39 heavy (non-hydrogen) atoms. The zero-order valence-electron chi connectivity index (χ0n) is 27.4. The van der Waals surface area contributed by atoms with Crippen molar-refractivity contribution in [1.29, 1.82) is 0 Å². The minimum absolute atomic E-state index is 0.0288. The van der Waals surface area contributed by atoms with Crippen molar-refractivity contribution in [2.45, 2.75) is 117 Å². The molecule has 0 bridgehead atoms. The van der Waals surface area contributed by atoms with Crippen molar-refractivity contribution in [2.75, 3.05) is 27.5 Å². The number of rotatable bonds is 19. The topological polar surface area (TPSA) is 80.3 Å². The SMILES string of the molecule is C=C[C@H](OC)[C@@H](O[Si](C)(C)C(C)(C)C)[C@H](C)/C=C(/C)[C@H](O[Si](CC)(CC)CC)[C@H](C)C(=O)CP(=O)(OC)OC. The Hall–Kier alpha value is -0.386. The average molecular weight is 607 g/mol. The monoisotopic (exact) mass is 606 g/mol. The average Bonchev–Trinajstić information content (AvgIpc) is 2.88. The van der Waals surface area contributed by atoms with Crippen LogP contribution >= 0.6 is 7.60 Å². The second kappa shape index (κ2) is 16.3. The predicted molar refractivity (Wildman–Crippen MR) is 169 cm³/mol. The molecule has 0 aliphatic carbocycles. The van der Waals surface area contributed by atoms with Crippen LogP contribution in [-0.2, 0) is 32.0 Å². The van der Waals surface area contributed by atoms with Gasteiger partial charge in [-0.05, 0) is 48.8 Å². The molecule has 0 amide bonds. The van der Waals surface area contributed by atoms with E-state index in [4.69, 9.17) is 22.6 Å². The highest BCUT2D eigenvalue weighted by atomic mass is 31.2. The van der Waals surface area contributed by atoms with Gasteiger partial charge in [0.05, 0.1) is 12.2 Å². The molecule has 0 aromatic heterocycles. The highest BCUT2D eigenvalue weighted by Gasteiger charge is 2.43. The minimum atomic E-state index is -3.49. The first-order valence-corrected chi connectivity index (χ1v) is 21.5. The highest BCUT2D eigenvalue weighted by Crippen LogP contribution is 2.47. The van der Waals surface area contributed by atoms with Crippen LogP contribution in [0, 0.1) is 11.8 Å². The molecule has 10 heteroatoms. The van der Waals surface area contributed by atoms with Crippen LogP contribution in [0.15, 0.2) is 24.3 Å². The summed E-state index contributed by atoms with van der Waals surface area (Å²) in [6.07, 6.45) is 2.68. The molecule has 0 spiro atoms. The van der Waals surface area contributed by atoms with Gasteiger partial charge in [0.2, 0.25) is 0 Å². The highest BCUT2D eigenvalue weighted by molar-refractivity contribution is 7.54. The molecular formula is C29H59O7PSi2. The number of hydrogen-bond acceptors (Lipinski definition) is 7. The summed E-state index contributed by atoms with van der Waals surface area (Å²) < 4.78 is 42.5. The lowest BCUT2D eigenvalue weighted by Crippen LogP contribution is -2.49. The minimum Gasteiger partial charge on any atom is -0.410 e. The summed E-state index contributed by atoms with van der Waals surface area (Å²) in [5.74, 6) is -0.768. The number of carbonyl (C=O) groups is 1. The standard InChI is InChI=1S/C29H59O7PSi2/c1-16-26(32-11)28(35-38(14,15)29(8,9)10)23(6)20-22(5)27(36-39(17-2,18-3)19-4)24(7)25(30)21-37(31,33-12)34-13/h16,20,23-24,26-28H,1,17-19,21H2,2-15H3/b22-20-/t23-,24-,26+,27+,28+/m1/s1. The fourth-order valence-electron chi connectivity index (χ4n) is 4.53. The molecule has 0 unspecified atom stereocenters. The van der Waals surface area contributed by atoms with E-state index >= 15 is 0 Å². The van der Waals surface area contributed by atoms with Crippen molar-refractivity contribution in [3.05, 3.63) is 24.3 Å². The maximum absolute atomic E-state index is 13.4.